The van der Waals surface area contributed by atoms with Gasteiger partial charge in [-0.2, -0.15) is 13.2 Å². The number of phenolic OH excluding ortho intramolecular Hbond substituents is 1. The fourth-order valence-corrected chi connectivity index (χ4v) is 3.69. The van der Waals surface area contributed by atoms with Gasteiger partial charge in [-0.1, -0.05) is 11.6 Å². The largest absolute Gasteiger partial charge is 0.504 e. The normalized spacial score (nSPS) is 15.0. The van der Waals surface area contributed by atoms with Gasteiger partial charge in [0, 0.05) is 43.1 Å². The van der Waals surface area contributed by atoms with Crippen molar-refractivity contribution in [2.75, 3.05) is 18.4 Å². The number of alkyl halides is 3. The number of halogens is 5. The molecule has 0 spiro atoms. The number of amides is 1. The van der Waals surface area contributed by atoms with E-state index < -0.39 is 24.0 Å². The van der Waals surface area contributed by atoms with Crippen molar-refractivity contribution in [2.24, 2.45) is 0 Å². The van der Waals surface area contributed by atoms with Crippen molar-refractivity contribution in [1.29, 1.82) is 0 Å². The molecular weight excluding hydrogens is 468 g/mol. The van der Waals surface area contributed by atoms with Crippen LogP contribution in [0.3, 0.4) is 0 Å². The van der Waals surface area contributed by atoms with Crippen LogP contribution in [0.4, 0.5) is 29.1 Å². The van der Waals surface area contributed by atoms with Crippen LogP contribution in [-0.2, 0) is 4.79 Å². The Labute approximate surface area is 190 Å². The first-order valence-corrected chi connectivity index (χ1v) is 10.2. The fourth-order valence-electron chi connectivity index (χ4n) is 3.51. The molecular formula is C21H17ClF4N4O3. The van der Waals surface area contributed by atoms with E-state index in [1.54, 1.807) is 0 Å². The molecule has 0 radical (unpaired) electrons. The Morgan fingerprint density at radius 3 is 2.58 bits per heavy atom. The van der Waals surface area contributed by atoms with Crippen LogP contribution in [0.5, 0.6) is 11.5 Å². The number of nitrogens with one attached hydrogen (secondary N) is 1. The smallest absolute Gasteiger partial charge is 0.471 e. The molecule has 0 unspecified atom stereocenters. The van der Waals surface area contributed by atoms with E-state index in [2.05, 4.69) is 15.3 Å². The summed E-state index contributed by atoms with van der Waals surface area (Å²) in [6, 6.07) is 6.94. The van der Waals surface area contributed by atoms with E-state index in [0.29, 0.717) is 22.4 Å². The number of fused-ring (bicyclic) bond motifs is 1. The van der Waals surface area contributed by atoms with Crippen molar-refractivity contribution in [3.8, 4) is 11.5 Å². The molecule has 1 aromatic heterocycles. The highest BCUT2D eigenvalue weighted by atomic mass is 35.5. The van der Waals surface area contributed by atoms with Gasteiger partial charge >= 0.3 is 12.1 Å². The van der Waals surface area contributed by atoms with Crippen LogP contribution in [-0.4, -0.2) is 51.3 Å². The molecule has 33 heavy (non-hydrogen) atoms. The Bertz CT molecular complexity index is 1200. The molecule has 0 atom stereocenters. The molecule has 1 fully saturated rings. The van der Waals surface area contributed by atoms with E-state index in [9.17, 15) is 27.5 Å². The van der Waals surface area contributed by atoms with Crippen LogP contribution in [0, 0.1) is 5.82 Å². The Morgan fingerprint density at radius 2 is 1.91 bits per heavy atom. The topological polar surface area (TPSA) is 87.6 Å². The molecule has 2 N–H and O–H groups in total. The number of carbonyl (C=O) groups excluding carboxylic acids is 1. The number of anilines is 2. The Hall–Kier alpha value is -3.34. The van der Waals surface area contributed by atoms with Gasteiger partial charge in [-0.25, -0.2) is 14.4 Å². The lowest BCUT2D eigenvalue weighted by Gasteiger charge is -2.32. The summed E-state index contributed by atoms with van der Waals surface area (Å²) in [6.07, 6.45) is -3.79. The third-order valence-corrected chi connectivity index (χ3v) is 5.45. The fraction of sp³-hybridized carbons (Fsp3) is 0.286. The van der Waals surface area contributed by atoms with Gasteiger partial charge in [0.1, 0.15) is 24.1 Å². The second kappa shape index (κ2) is 8.89. The van der Waals surface area contributed by atoms with Gasteiger partial charge in [0.25, 0.3) is 0 Å². The van der Waals surface area contributed by atoms with Gasteiger partial charge in [0.15, 0.2) is 11.5 Å². The quantitative estimate of drug-likeness (QED) is 0.517. The summed E-state index contributed by atoms with van der Waals surface area (Å²) in [6.45, 7) is -0.225. The summed E-state index contributed by atoms with van der Waals surface area (Å²) in [4.78, 5) is 20.4. The SMILES string of the molecule is O=C(N1CCC(Oc2cc3c(Nc4ccc(F)c(Cl)c4)ncnc3cc2O)CC1)C(F)(F)F. The lowest BCUT2D eigenvalue weighted by atomic mass is 10.1. The number of piperidine rings is 1. The minimum Gasteiger partial charge on any atom is -0.504 e. The van der Waals surface area contributed by atoms with Crippen LogP contribution >= 0.6 is 11.6 Å². The third kappa shape index (κ3) is 5.03. The van der Waals surface area contributed by atoms with E-state index in [0.717, 1.165) is 4.90 Å². The first kappa shape index (κ1) is 22.8. The van der Waals surface area contributed by atoms with E-state index in [1.807, 2.05) is 0 Å². The predicted octanol–water partition coefficient (Wildman–Crippen LogP) is 4.80. The first-order chi connectivity index (χ1) is 15.6. The average Bonchev–Trinajstić information content (AvgIpc) is 2.76. The van der Waals surface area contributed by atoms with Crippen molar-refractivity contribution in [3.63, 3.8) is 0 Å². The Kier molecular flexibility index (Phi) is 6.15. The second-order valence-electron chi connectivity index (χ2n) is 7.42. The maximum atomic E-state index is 13.4. The first-order valence-electron chi connectivity index (χ1n) is 9.84. The number of carbonyl (C=O) groups is 1. The number of aromatic hydroxyl groups is 1. The van der Waals surface area contributed by atoms with Crippen LogP contribution < -0.4 is 10.1 Å². The lowest BCUT2D eigenvalue weighted by Crippen LogP contribution is -2.47. The van der Waals surface area contributed by atoms with E-state index in [1.165, 1.54) is 36.7 Å². The zero-order chi connectivity index (χ0) is 23.8. The highest BCUT2D eigenvalue weighted by Crippen LogP contribution is 2.36. The number of aromatic nitrogens is 2. The summed E-state index contributed by atoms with van der Waals surface area (Å²) in [5.74, 6) is -2.21. The average molecular weight is 485 g/mol. The maximum Gasteiger partial charge on any atom is 0.471 e. The van der Waals surface area contributed by atoms with Crippen molar-refractivity contribution >= 4 is 39.9 Å². The standard InChI is InChI=1S/C21H17ClF4N4O3/c22-14-7-11(1-2-15(14)23)29-19-13-8-18(17(31)9-16(13)27-10-28-19)33-12-3-5-30(6-4-12)20(32)21(24,25)26/h1-2,7-10,12,31H,3-6H2,(H,27,28,29). The number of hydrogen-bond acceptors (Lipinski definition) is 6. The zero-order valence-corrected chi connectivity index (χ0v) is 17.6. The molecule has 12 heteroatoms. The summed E-state index contributed by atoms with van der Waals surface area (Å²) in [5.41, 5.74) is 0.870. The van der Waals surface area contributed by atoms with Gasteiger partial charge in [-0.05, 0) is 24.3 Å². The van der Waals surface area contributed by atoms with Gasteiger partial charge in [-0.3, -0.25) is 4.79 Å². The molecule has 2 heterocycles. The molecule has 1 amide bonds. The van der Waals surface area contributed by atoms with E-state index >= 15 is 0 Å². The number of hydrogen-bond donors (Lipinski definition) is 2. The van der Waals surface area contributed by atoms with Crippen LogP contribution in [0.15, 0.2) is 36.7 Å². The third-order valence-electron chi connectivity index (χ3n) is 5.16. The van der Waals surface area contributed by atoms with Crippen LogP contribution in [0.25, 0.3) is 10.9 Å². The van der Waals surface area contributed by atoms with Gasteiger partial charge in [0.2, 0.25) is 0 Å². The number of phenols is 1. The van der Waals surface area contributed by atoms with Crippen molar-refractivity contribution in [2.45, 2.75) is 25.1 Å². The molecule has 174 valence electrons. The number of benzene rings is 2. The van der Waals surface area contributed by atoms with Crippen molar-refractivity contribution < 1.29 is 32.2 Å². The summed E-state index contributed by atoms with van der Waals surface area (Å²) < 4.78 is 57.1. The molecule has 0 aliphatic carbocycles. The molecule has 3 aromatic rings. The summed E-state index contributed by atoms with van der Waals surface area (Å²) >= 11 is 5.82. The molecule has 1 saturated heterocycles. The maximum absolute atomic E-state index is 13.4. The van der Waals surface area contributed by atoms with Gasteiger partial charge in [0.05, 0.1) is 10.5 Å². The minimum atomic E-state index is -4.91. The monoisotopic (exact) mass is 484 g/mol. The summed E-state index contributed by atoms with van der Waals surface area (Å²) in [7, 11) is 0. The Morgan fingerprint density at radius 1 is 1.18 bits per heavy atom. The van der Waals surface area contributed by atoms with Crippen LogP contribution in [0.2, 0.25) is 5.02 Å². The Balaban J connectivity index is 1.53. The number of likely N-dealkylation sites (tertiary alicyclic amines) is 1. The zero-order valence-electron chi connectivity index (χ0n) is 16.9. The second-order valence-corrected chi connectivity index (χ2v) is 7.83. The molecule has 0 saturated carbocycles. The molecule has 1 aliphatic rings. The van der Waals surface area contributed by atoms with E-state index in [4.69, 9.17) is 16.3 Å². The van der Waals surface area contributed by atoms with Gasteiger partial charge < -0.3 is 20.1 Å². The number of nitrogens with zero attached hydrogens (tertiary/aromatic N) is 3. The van der Waals surface area contributed by atoms with Gasteiger partial charge in [-0.15, -0.1) is 0 Å². The highest BCUT2D eigenvalue weighted by Gasteiger charge is 2.43. The molecule has 4 rings (SSSR count). The number of rotatable bonds is 4. The highest BCUT2D eigenvalue weighted by molar-refractivity contribution is 6.31. The molecule has 2 aromatic carbocycles. The molecule has 7 nitrogen and oxygen atoms in total. The van der Waals surface area contributed by atoms with Crippen LogP contribution in [0.1, 0.15) is 12.8 Å². The number of ether oxygens (including phenoxy) is 1. The summed E-state index contributed by atoms with van der Waals surface area (Å²) in [5, 5.41) is 13.8. The minimum absolute atomic E-state index is 0.0737. The molecule has 0 bridgehead atoms. The molecule has 1 aliphatic heterocycles. The predicted molar refractivity (Wildman–Crippen MR) is 112 cm³/mol. The van der Waals surface area contributed by atoms with Crippen molar-refractivity contribution in [3.05, 3.63) is 47.5 Å². The van der Waals surface area contributed by atoms with E-state index in [-0.39, 0.29) is 42.5 Å². The lowest BCUT2D eigenvalue weighted by molar-refractivity contribution is -0.187. The van der Waals surface area contributed by atoms with Crippen molar-refractivity contribution in [1.82, 2.24) is 14.9 Å².